The van der Waals surface area contributed by atoms with Crippen molar-refractivity contribution in [2.45, 2.75) is 24.0 Å². The Hall–Kier alpha value is -4.14. The highest BCUT2D eigenvalue weighted by Crippen LogP contribution is 2.27. The van der Waals surface area contributed by atoms with Gasteiger partial charge in [-0.3, -0.25) is 14.4 Å². The van der Waals surface area contributed by atoms with Crippen molar-refractivity contribution in [2.24, 2.45) is 0 Å². The summed E-state index contributed by atoms with van der Waals surface area (Å²) in [6, 6.07) is 31.0. The second-order valence-corrected chi connectivity index (χ2v) is 11.4. The Morgan fingerprint density at radius 1 is 0.800 bits per heavy atom. The summed E-state index contributed by atoms with van der Waals surface area (Å²) in [6.45, 7) is 3.79. The monoisotopic (exact) mass is 613 g/mol. The van der Waals surface area contributed by atoms with Gasteiger partial charge in [-0.2, -0.15) is 0 Å². The molecule has 40 heavy (non-hydrogen) atoms. The maximum Gasteiger partial charge on any atom is 0.272 e. The molecule has 4 rings (SSSR count). The number of hydrogen-bond donors (Lipinski definition) is 3. The fourth-order valence-corrected chi connectivity index (χ4v) is 4.94. The molecule has 0 radical (unpaired) electrons. The fourth-order valence-electron chi connectivity index (χ4n) is 3.75. The van der Waals surface area contributed by atoms with E-state index in [4.69, 9.17) is 0 Å². The first-order valence-corrected chi connectivity index (χ1v) is 14.2. The Balaban J connectivity index is 1.47. The maximum atomic E-state index is 13.4. The predicted molar refractivity (Wildman–Crippen MR) is 166 cm³/mol. The normalized spacial score (nSPS) is 11.8. The van der Waals surface area contributed by atoms with Crippen molar-refractivity contribution in [1.29, 1.82) is 0 Å². The zero-order valence-corrected chi connectivity index (χ0v) is 24.4. The average Bonchev–Trinajstić information content (AvgIpc) is 2.94. The smallest absolute Gasteiger partial charge is 0.272 e. The van der Waals surface area contributed by atoms with Crippen LogP contribution >= 0.6 is 27.7 Å². The van der Waals surface area contributed by atoms with Gasteiger partial charge < -0.3 is 16.0 Å². The summed E-state index contributed by atoms with van der Waals surface area (Å²) in [4.78, 5) is 39.8. The van der Waals surface area contributed by atoms with Crippen molar-refractivity contribution in [3.05, 3.63) is 130 Å². The van der Waals surface area contributed by atoms with E-state index in [0.29, 0.717) is 16.9 Å². The summed E-state index contributed by atoms with van der Waals surface area (Å²) in [7, 11) is 0. The number of halogens is 1. The highest BCUT2D eigenvalue weighted by molar-refractivity contribution is 9.10. The van der Waals surface area contributed by atoms with E-state index in [1.807, 2.05) is 80.6 Å². The van der Waals surface area contributed by atoms with Crippen LogP contribution in [0.3, 0.4) is 0 Å². The standard InChI is InChI=1S/C32H28BrN3O3S/c1-21-8-6-9-23(18-21)19-29(36-31(38)24-10-4-3-5-11-24)32(39)35-27-12-7-13-28(20-27)40-22(2)30(37)34-26-16-14-25(33)15-17-26/h3-20,22H,1-2H3,(H,34,37)(H,35,39)(H,36,38)/b29-19+. The van der Waals surface area contributed by atoms with Crippen LogP contribution in [-0.4, -0.2) is 23.0 Å². The zero-order chi connectivity index (χ0) is 28.5. The van der Waals surface area contributed by atoms with Gasteiger partial charge in [-0.05, 0) is 80.1 Å². The van der Waals surface area contributed by atoms with E-state index < -0.39 is 5.91 Å². The van der Waals surface area contributed by atoms with Crippen LogP contribution in [0, 0.1) is 6.92 Å². The maximum absolute atomic E-state index is 13.4. The topological polar surface area (TPSA) is 87.3 Å². The summed E-state index contributed by atoms with van der Waals surface area (Å²) in [5, 5.41) is 8.17. The first-order valence-electron chi connectivity index (χ1n) is 12.6. The summed E-state index contributed by atoms with van der Waals surface area (Å²) in [5.74, 6) is -0.979. The first kappa shape index (κ1) is 28.9. The van der Waals surface area contributed by atoms with E-state index >= 15 is 0 Å². The number of benzene rings is 4. The zero-order valence-electron chi connectivity index (χ0n) is 22.0. The van der Waals surface area contributed by atoms with Crippen molar-refractivity contribution in [1.82, 2.24) is 5.32 Å². The van der Waals surface area contributed by atoms with Gasteiger partial charge in [-0.1, -0.05) is 70.0 Å². The number of rotatable bonds is 9. The Labute approximate surface area is 246 Å². The van der Waals surface area contributed by atoms with Gasteiger partial charge in [0.05, 0.1) is 5.25 Å². The molecule has 0 bridgehead atoms. The molecule has 0 aromatic heterocycles. The number of amides is 3. The second kappa shape index (κ2) is 13.8. The van der Waals surface area contributed by atoms with Crippen molar-refractivity contribution < 1.29 is 14.4 Å². The lowest BCUT2D eigenvalue weighted by Gasteiger charge is -2.14. The molecule has 0 spiro atoms. The summed E-state index contributed by atoms with van der Waals surface area (Å²) in [5.41, 5.74) is 3.63. The van der Waals surface area contributed by atoms with Gasteiger partial charge >= 0.3 is 0 Å². The third-order valence-electron chi connectivity index (χ3n) is 5.77. The average molecular weight is 615 g/mol. The summed E-state index contributed by atoms with van der Waals surface area (Å²) < 4.78 is 0.934. The van der Waals surface area contributed by atoms with Gasteiger partial charge in [-0.15, -0.1) is 11.8 Å². The molecule has 3 N–H and O–H groups in total. The predicted octanol–water partition coefficient (Wildman–Crippen LogP) is 7.29. The number of carbonyl (C=O) groups is 3. The molecule has 0 aliphatic carbocycles. The molecule has 1 unspecified atom stereocenters. The van der Waals surface area contributed by atoms with E-state index in [-0.39, 0.29) is 22.8 Å². The minimum atomic E-state index is -0.464. The number of anilines is 2. The summed E-state index contributed by atoms with van der Waals surface area (Å²) >= 11 is 4.77. The lowest BCUT2D eigenvalue weighted by Crippen LogP contribution is -2.30. The second-order valence-electron chi connectivity index (χ2n) is 9.03. The van der Waals surface area contributed by atoms with Gasteiger partial charge in [-0.25, -0.2) is 0 Å². The molecular formula is C32H28BrN3O3S. The fraction of sp³-hybridized carbons (Fsp3) is 0.0938. The minimum absolute atomic E-state index is 0.111. The Bertz CT molecular complexity index is 1540. The van der Waals surface area contributed by atoms with Crippen LogP contribution < -0.4 is 16.0 Å². The molecule has 3 amide bonds. The Morgan fingerprint density at radius 3 is 2.25 bits per heavy atom. The van der Waals surface area contributed by atoms with Crippen LogP contribution in [0.5, 0.6) is 0 Å². The molecule has 8 heteroatoms. The van der Waals surface area contributed by atoms with Gasteiger partial charge in [0.2, 0.25) is 5.91 Å². The van der Waals surface area contributed by atoms with Crippen molar-refractivity contribution in [3.63, 3.8) is 0 Å². The largest absolute Gasteiger partial charge is 0.325 e. The van der Waals surface area contributed by atoms with E-state index in [2.05, 4.69) is 31.9 Å². The number of aryl methyl sites for hydroxylation is 1. The third kappa shape index (κ3) is 8.43. The van der Waals surface area contributed by atoms with Gasteiger partial charge in [0, 0.05) is 26.3 Å². The molecule has 1 atom stereocenters. The van der Waals surface area contributed by atoms with Crippen LogP contribution in [-0.2, 0) is 9.59 Å². The van der Waals surface area contributed by atoms with Gasteiger partial charge in [0.25, 0.3) is 11.8 Å². The van der Waals surface area contributed by atoms with Crippen molar-refractivity contribution in [3.8, 4) is 0 Å². The van der Waals surface area contributed by atoms with E-state index in [1.165, 1.54) is 11.8 Å². The number of thioether (sulfide) groups is 1. The van der Waals surface area contributed by atoms with Gasteiger partial charge in [0.15, 0.2) is 0 Å². The third-order valence-corrected chi connectivity index (χ3v) is 7.39. The molecule has 0 heterocycles. The van der Waals surface area contributed by atoms with Crippen molar-refractivity contribution in [2.75, 3.05) is 10.6 Å². The first-order chi connectivity index (χ1) is 19.3. The molecule has 0 fully saturated rings. The van der Waals surface area contributed by atoms with E-state index in [1.54, 1.807) is 42.5 Å². The Kier molecular flexibility index (Phi) is 9.94. The quantitative estimate of drug-likeness (QED) is 0.137. The van der Waals surface area contributed by atoms with Gasteiger partial charge in [0.1, 0.15) is 5.70 Å². The molecule has 0 saturated heterocycles. The molecule has 4 aromatic rings. The molecule has 6 nitrogen and oxygen atoms in total. The molecular weight excluding hydrogens is 586 g/mol. The molecule has 0 saturated carbocycles. The number of carbonyl (C=O) groups excluding carboxylic acids is 3. The SMILES string of the molecule is Cc1cccc(/C=C(/NC(=O)c2ccccc2)C(=O)Nc2cccc(SC(C)C(=O)Nc3ccc(Br)cc3)c2)c1. The van der Waals surface area contributed by atoms with Crippen LogP contribution in [0.4, 0.5) is 11.4 Å². The molecule has 0 aliphatic heterocycles. The highest BCUT2D eigenvalue weighted by atomic mass is 79.9. The summed E-state index contributed by atoms with van der Waals surface area (Å²) in [6.07, 6.45) is 1.65. The van der Waals surface area contributed by atoms with Crippen molar-refractivity contribution >= 4 is 62.9 Å². The lowest BCUT2D eigenvalue weighted by atomic mass is 10.1. The lowest BCUT2D eigenvalue weighted by molar-refractivity contribution is -0.115. The highest BCUT2D eigenvalue weighted by Gasteiger charge is 2.17. The number of hydrogen-bond acceptors (Lipinski definition) is 4. The molecule has 0 aliphatic rings. The molecule has 202 valence electrons. The van der Waals surface area contributed by atoms with Crippen LogP contribution in [0.2, 0.25) is 0 Å². The minimum Gasteiger partial charge on any atom is -0.325 e. The van der Waals surface area contributed by atoms with Crippen LogP contribution in [0.1, 0.15) is 28.4 Å². The number of nitrogens with one attached hydrogen (secondary N) is 3. The van der Waals surface area contributed by atoms with E-state index in [9.17, 15) is 14.4 Å². The molecule has 4 aromatic carbocycles. The van der Waals surface area contributed by atoms with Crippen LogP contribution in [0.15, 0.2) is 118 Å². The van der Waals surface area contributed by atoms with E-state index in [0.717, 1.165) is 20.5 Å². The Morgan fingerprint density at radius 2 is 1.52 bits per heavy atom. The van der Waals surface area contributed by atoms with Crippen LogP contribution in [0.25, 0.3) is 6.08 Å².